The van der Waals surface area contributed by atoms with Crippen molar-refractivity contribution in [1.29, 1.82) is 0 Å². The minimum atomic E-state index is 0.644. The lowest BCUT2D eigenvalue weighted by atomic mass is 9.97. The molecule has 0 saturated carbocycles. The third kappa shape index (κ3) is 2.74. The predicted molar refractivity (Wildman–Crippen MR) is 82.7 cm³/mol. The van der Waals surface area contributed by atoms with Gasteiger partial charge in [0, 0.05) is 17.2 Å². The summed E-state index contributed by atoms with van der Waals surface area (Å²) in [6.07, 6.45) is 7.74. The maximum Gasteiger partial charge on any atom is 0.141 e. The summed E-state index contributed by atoms with van der Waals surface area (Å²) < 4.78 is 0. The molecule has 0 fully saturated rings. The fourth-order valence-electron chi connectivity index (χ4n) is 2.64. The number of hydrogen-bond donors (Lipinski definition) is 0. The highest BCUT2D eigenvalue weighted by atomic mass is 35.5. The van der Waals surface area contributed by atoms with Gasteiger partial charge in [0.2, 0.25) is 0 Å². The Morgan fingerprint density at radius 3 is 2.79 bits per heavy atom. The zero-order chi connectivity index (χ0) is 13.2. The first-order valence-electron chi connectivity index (χ1n) is 6.82. The van der Waals surface area contributed by atoms with E-state index in [9.17, 15) is 0 Å². The average molecular weight is 315 g/mol. The molecule has 2 aromatic heterocycles. The molecule has 0 radical (unpaired) electrons. The van der Waals surface area contributed by atoms with Gasteiger partial charge in [0.15, 0.2) is 0 Å². The summed E-state index contributed by atoms with van der Waals surface area (Å²) in [5, 5.41) is 1.76. The number of alkyl halides is 1. The zero-order valence-electron chi connectivity index (χ0n) is 10.7. The molecule has 0 aliphatic heterocycles. The molecule has 2 nitrogen and oxygen atoms in total. The van der Waals surface area contributed by atoms with E-state index >= 15 is 0 Å². The van der Waals surface area contributed by atoms with Gasteiger partial charge in [-0.1, -0.05) is 11.6 Å². The number of hydrogen-bond acceptors (Lipinski definition) is 3. The van der Waals surface area contributed by atoms with E-state index in [2.05, 4.69) is 4.98 Å². The Hall–Kier alpha value is -0.380. The van der Waals surface area contributed by atoms with Gasteiger partial charge in [-0.3, -0.25) is 0 Å². The van der Waals surface area contributed by atoms with Crippen molar-refractivity contribution in [3.63, 3.8) is 0 Å². The van der Waals surface area contributed by atoms with Crippen molar-refractivity contribution in [2.24, 2.45) is 0 Å². The number of unbranched alkanes of at least 4 members (excludes halogenated alkanes) is 1. The second kappa shape index (κ2) is 5.94. The van der Waals surface area contributed by atoms with Crippen molar-refractivity contribution in [2.45, 2.75) is 44.9 Å². The second-order valence-electron chi connectivity index (χ2n) is 4.97. The smallest absolute Gasteiger partial charge is 0.141 e. The van der Waals surface area contributed by atoms with Gasteiger partial charge in [0.05, 0.1) is 5.39 Å². The second-order valence-corrected chi connectivity index (χ2v) is 6.79. The van der Waals surface area contributed by atoms with Gasteiger partial charge in [-0.25, -0.2) is 9.97 Å². The van der Waals surface area contributed by atoms with Gasteiger partial charge >= 0.3 is 0 Å². The number of aromatic nitrogens is 2. The molecular formula is C14H16Cl2N2S. The first-order chi connectivity index (χ1) is 9.29. The number of halogens is 2. The maximum atomic E-state index is 6.38. The molecule has 0 aromatic carbocycles. The third-order valence-electron chi connectivity index (χ3n) is 3.60. The molecule has 102 valence electrons. The molecule has 0 amide bonds. The highest BCUT2D eigenvalue weighted by Gasteiger charge is 2.20. The normalized spacial score (nSPS) is 14.8. The van der Waals surface area contributed by atoms with Crippen LogP contribution in [0.2, 0.25) is 5.15 Å². The van der Waals surface area contributed by atoms with Crippen molar-refractivity contribution in [3.8, 4) is 0 Å². The molecule has 0 atom stereocenters. The summed E-state index contributed by atoms with van der Waals surface area (Å²) in [5.41, 5.74) is 1.41. The first-order valence-corrected chi connectivity index (χ1v) is 8.55. The fraction of sp³-hybridized carbons (Fsp3) is 0.571. The van der Waals surface area contributed by atoms with Crippen molar-refractivity contribution in [3.05, 3.63) is 21.4 Å². The van der Waals surface area contributed by atoms with Gasteiger partial charge in [-0.2, -0.15) is 0 Å². The number of aryl methyl sites for hydroxylation is 3. The van der Waals surface area contributed by atoms with Crippen molar-refractivity contribution < 1.29 is 0 Å². The van der Waals surface area contributed by atoms with Crippen LogP contribution in [0.4, 0.5) is 0 Å². The minimum Gasteiger partial charge on any atom is -0.222 e. The topological polar surface area (TPSA) is 25.8 Å². The fourth-order valence-corrected chi connectivity index (χ4v) is 4.47. The maximum absolute atomic E-state index is 6.38. The zero-order valence-corrected chi connectivity index (χ0v) is 13.0. The van der Waals surface area contributed by atoms with Crippen LogP contribution in [0.5, 0.6) is 0 Å². The van der Waals surface area contributed by atoms with Gasteiger partial charge in [-0.05, 0) is 44.1 Å². The summed E-state index contributed by atoms with van der Waals surface area (Å²) in [5.74, 6) is 1.56. The highest BCUT2D eigenvalue weighted by Crippen LogP contribution is 2.38. The van der Waals surface area contributed by atoms with Gasteiger partial charge < -0.3 is 0 Å². The average Bonchev–Trinajstić information content (AvgIpc) is 2.77. The molecule has 0 N–H and O–H groups in total. The molecule has 1 aliphatic rings. The predicted octanol–water partition coefficient (Wildman–Crippen LogP) is 4.79. The Labute approximate surface area is 127 Å². The van der Waals surface area contributed by atoms with E-state index in [1.807, 2.05) is 0 Å². The van der Waals surface area contributed by atoms with Crippen LogP contribution in [-0.2, 0) is 19.3 Å². The van der Waals surface area contributed by atoms with Crippen molar-refractivity contribution in [2.75, 3.05) is 5.88 Å². The summed E-state index contributed by atoms with van der Waals surface area (Å²) >= 11 is 13.9. The number of fused-ring (bicyclic) bond motifs is 3. The number of thiophene rings is 1. The van der Waals surface area contributed by atoms with Crippen LogP contribution in [0.15, 0.2) is 0 Å². The van der Waals surface area contributed by atoms with Crippen LogP contribution >= 0.6 is 34.5 Å². The molecule has 3 rings (SSSR count). The Balaban J connectivity index is 1.97. The van der Waals surface area contributed by atoms with Crippen LogP contribution in [0.3, 0.4) is 0 Å². The lowest BCUT2D eigenvalue weighted by Crippen LogP contribution is -2.00. The Morgan fingerprint density at radius 1 is 1.11 bits per heavy atom. The molecule has 2 heterocycles. The summed E-state index contributed by atoms with van der Waals surface area (Å²) in [6.45, 7) is 0. The van der Waals surface area contributed by atoms with Crippen LogP contribution in [0, 0.1) is 0 Å². The number of rotatable bonds is 4. The SMILES string of the molecule is ClCCCCc1nc(Cl)c2c3c(sc2n1)CCCC3. The molecule has 0 saturated heterocycles. The van der Waals surface area contributed by atoms with E-state index in [0.717, 1.165) is 41.7 Å². The molecule has 5 heteroatoms. The summed E-state index contributed by atoms with van der Waals surface area (Å²) in [6, 6.07) is 0. The summed E-state index contributed by atoms with van der Waals surface area (Å²) in [7, 11) is 0. The van der Waals surface area contributed by atoms with Crippen molar-refractivity contribution >= 4 is 44.8 Å². The summed E-state index contributed by atoms with van der Waals surface area (Å²) in [4.78, 5) is 11.7. The molecule has 0 unspecified atom stereocenters. The van der Waals surface area contributed by atoms with Crippen LogP contribution < -0.4 is 0 Å². The van der Waals surface area contributed by atoms with E-state index < -0.39 is 0 Å². The largest absolute Gasteiger partial charge is 0.222 e. The van der Waals surface area contributed by atoms with Gasteiger partial charge in [-0.15, -0.1) is 22.9 Å². The Kier molecular flexibility index (Phi) is 4.25. The third-order valence-corrected chi connectivity index (χ3v) is 5.33. The van der Waals surface area contributed by atoms with Crippen LogP contribution in [-0.4, -0.2) is 15.8 Å². The molecule has 1 aliphatic carbocycles. The number of nitrogens with zero attached hydrogens (tertiary/aromatic N) is 2. The minimum absolute atomic E-state index is 0.644. The van der Waals surface area contributed by atoms with Crippen molar-refractivity contribution in [1.82, 2.24) is 9.97 Å². The standard InChI is InChI=1S/C14H16Cl2N2S/c15-8-4-3-7-11-17-13(16)12-9-5-1-2-6-10(9)19-14(12)18-11/h1-8H2. The molecule has 2 aromatic rings. The van der Waals surface area contributed by atoms with Gasteiger partial charge in [0.1, 0.15) is 15.8 Å². The van der Waals surface area contributed by atoms with Gasteiger partial charge in [0.25, 0.3) is 0 Å². The molecule has 0 bridgehead atoms. The molecule has 19 heavy (non-hydrogen) atoms. The van der Waals surface area contributed by atoms with Crippen LogP contribution in [0.25, 0.3) is 10.2 Å². The first kappa shape index (κ1) is 13.6. The quantitative estimate of drug-likeness (QED) is 0.461. The van der Waals surface area contributed by atoms with E-state index in [4.69, 9.17) is 28.2 Å². The molecule has 0 spiro atoms. The lowest BCUT2D eigenvalue weighted by Gasteiger charge is -2.10. The van der Waals surface area contributed by atoms with Crippen LogP contribution in [0.1, 0.15) is 41.9 Å². The van der Waals surface area contributed by atoms with E-state index in [1.54, 1.807) is 11.3 Å². The Bertz CT molecular complexity index is 595. The lowest BCUT2D eigenvalue weighted by molar-refractivity contribution is 0.700. The molecular weight excluding hydrogens is 299 g/mol. The Morgan fingerprint density at radius 2 is 1.95 bits per heavy atom. The monoisotopic (exact) mass is 314 g/mol. The van der Waals surface area contributed by atoms with E-state index in [1.165, 1.54) is 29.7 Å². The van der Waals surface area contributed by atoms with E-state index in [0.29, 0.717) is 11.0 Å². The highest BCUT2D eigenvalue weighted by molar-refractivity contribution is 7.19. The van der Waals surface area contributed by atoms with E-state index in [-0.39, 0.29) is 0 Å².